The SMILES string of the molecule is O=C(NS(=O)(=O)c1ccc(NC(CSc2ccccc2)C2CCCCC2)c([N+](=O)[O-])c1)c1ccc(-c2ccc(F)cc2)cc1. The Morgan fingerprint density at radius 2 is 1.55 bits per heavy atom. The third-order valence-corrected chi connectivity index (χ3v) is 10.2. The lowest BCUT2D eigenvalue weighted by Gasteiger charge is -2.31. The Morgan fingerprint density at radius 1 is 0.909 bits per heavy atom. The van der Waals surface area contributed by atoms with Crippen LogP contribution >= 0.6 is 11.8 Å². The Hall–Kier alpha value is -4.22. The van der Waals surface area contributed by atoms with Crippen LogP contribution < -0.4 is 10.0 Å². The molecule has 228 valence electrons. The number of amides is 1. The fraction of sp³-hybridized carbons (Fsp3) is 0.242. The van der Waals surface area contributed by atoms with Crippen LogP contribution in [0.4, 0.5) is 15.8 Å². The second-order valence-electron chi connectivity index (χ2n) is 10.7. The van der Waals surface area contributed by atoms with Gasteiger partial charge in [-0.2, -0.15) is 0 Å². The molecule has 2 N–H and O–H groups in total. The lowest BCUT2D eigenvalue weighted by molar-refractivity contribution is -0.384. The number of halogens is 1. The first-order valence-electron chi connectivity index (χ1n) is 14.4. The molecule has 1 unspecified atom stereocenters. The highest BCUT2D eigenvalue weighted by atomic mass is 32.2. The summed E-state index contributed by atoms with van der Waals surface area (Å²) in [6.45, 7) is 0. The van der Waals surface area contributed by atoms with Gasteiger partial charge >= 0.3 is 0 Å². The molecule has 0 spiro atoms. The number of nitrogens with zero attached hydrogens (tertiary/aromatic N) is 1. The number of nitrogens with one attached hydrogen (secondary N) is 2. The van der Waals surface area contributed by atoms with Crippen molar-refractivity contribution in [2.45, 2.75) is 47.9 Å². The molecular weight excluding hydrogens is 602 g/mol. The van der Waals surface area contributed by atoms with E-state index in [1.165, 1.54) is 42.8 Å². The molecule has 0 aliphatic heterocycles. The van der Waals surface area contributed by atoms with Crippen LogP contribution in [0.5, 0.6) is 0 Å². The quantitative estimate of drug-likeness (QED) is 0.0988. The number of thioether (sulfide) groups is 1. The van der Waals surface area contributed by atoms with Gasteiger partial charge in [0.25, 0.3) is 21.6 Å². The summed E-state index contributed by atoms with van der Waals surface area (Å²) in [5.74, 6) is -0.223. The highest BCUT2D eigenvalue weighted by Crippen LogP contribution is 2.35. The number of sulfonamides is 1. The van der Waals surface area contributed by atoms with Gasteiger partial charge in [0.2, 0.25) is 0 Å². The number of nitro benzene ring substituents is 1. The summed E-state index contributed by atoms with van der Waals surface area (Å²) in [6.07, 6.45) is 5.42. The lowest BCUT2D eigenvalue weighted by atomic mass is 9.84. The topological polar surface area (TPSA) is 118 Å². The molecule has 8 nitrogen and oxygen atoms in total. The van der Waals surface area contributed by atoms with Crippen LogP contribution in [0.2, 0.25) is 0 Å². The molecule has 4 aromatic carbocycles. The maximum atomic E-state index is 13.2. The Bertz CT molecular complexity index is 1710. The fourth-order valence-corrected chi connectivity index (χ4v) is 7.45. The molecule has 5 rings (SSSR count). The van der Waals surface area contributed by atoms with Crippen LogP contribution in [-0.4, -0.2) is 31.0 Å². The van der Waals surface area contributed by atoms with Crippen molar-refractivity contribution < 1.29 is 22.5 Å². The second kappa shape index (κ2) is 14.0. The summed E-state index contributed by atoms with van der Waals surface area (Å²) >= 11 is 1.68. The molecule has 11 heteroatoms. The van der Waals surface area contributed by atoms with Crippen LogP contribution in [-0.2, 0) is 10.0 Å². The maximum absolute atomic E-state index is 13.2. The van der Waals surface area contributed by atoms with Gasteiger partial charge < -0.3 is 5.32 Å². The molecule has 0 aromatic heterocycles. The van der Waals surface area contributed by atoms with E-state index in [-0.39, 0.29) is 33.7 Å². The van der Waals surface area contributed by atoms with Crippen molar-refractivity contribution in [2.75, 3.05) is 11.1 Å². The predicted molar refractivity (Wildman–Crippen MR) is 171 cm³/mol. The normalized spacial score (nSPS) is 14.5. The molecule has 0 saturated heterocycles. The number of benzene rings is 4. The Morgan fingerprint density at radius 3 is 2.18 bits per heavy atom. The number of hydrogen-bond acceptors (Lipinski definition) is 7. The number of carbonyl (C=O) groups is 1. The second-order valence-corrected chi connectivity index (χ2v) is 13.5. The number of rotatable bonds is 11. The van der Waals surface area contributed by atoms with Gasteiger partial charge in [-0.25, -0.2) is 17.5 Å². The lowest BCUT2D eigenvalue weighted by Crippen LogP contribution is -2.33. The van der Waals surface area contributed by atoms with Gasteiger partial charge in [0.05, 0.1) is 9.82 Å². The van der Waals surface area contributed by atoms with Crippen molar-refractivity contribution in [2.24, 2.45) is 5.92 Å². The Kier molecular flexibility index (Phi) is 9.96. The monoisotopic (exact) mass is 633 g/mol. The summed E-state index contributed by atoms with van der Waals surface area (Å²) in [6, 6.07) is 25.5. The Labute approximate surface area is 260 Å². The highest BCUT2D eigenvalue weighted by Gasteiger charge is 2.28. The highest BCUT2D eigenvalue weighted by molar-refractivity contribution is 7.99. The molecule has 4 aromatic rings. The van der Waals surface area contributed by atoms with Crippen LogP contribution in [0.3, 0.4) is 0 Å². The maximum Gasteiger partial charge on any atom is 0.293 e. The number of nitro groups is 1. The molecule has 0 heterocycles. The minimum atomic E-state index is -4.42. The number of hydrogen-bond donors (Lipinski definition) is 2. The van der Waals surface area contributed by atoms with E-state index in [1.54, 1.807) is 36.0 Å². The molecule has 44 heavy (non-hydrogen) atoms. The van der Waals surface area contributed by atoms with Gasteiger partial charge in [-0.05, 0) is 78.4 Å². The summed E-state index contributed by atoms with van der Waals surface area (Å²) in [4.78, 5) is 25.0. The summed E-state index contributed by atoms with van der Waals surface area (Å²) < 4.78 is 41.5. The zero-order valence-electron chi connectivity index (χ0n) is 23.8. The third kappa shape index (κ3) is 7.83. The van der Waals surface area contributed by atoms with Gasteiger partial charge in [0.1, 0.15) is 11.5 Å². The van der Waals surface area contributed by atoms with Gasteiger partial charge in [-0.1, -0.05) is 61.7 Å². The average molecular weight is 634 g/mol. The molecule has 0 bridgehead atoms. The number of anilines is 1. The van der Waals surface area contributed by atoms with E-state index in [0.717, 1.165) is 47.8 Å². The minimum Gasteiger partial charge on any atom is -0.376 e. The van der Waals surface area contributed by atoms with Crippen molar-refractivity contribution in [3.63, 3.8) is 0 Å². The van der Waals surface area contributed by atoms with E-state index in [1.807, 2.05) is 35.1 Å². The zero-order valence-corrected chi connectivity index (χ0v) is 25.5. The predicted octanol–water partition coefficient (Wildman–Crippen LogP) is 7.67. The van der Waals surface area contributed by atoms with E-state index in [9.17, 15) is 27.7 Å². The number of carbonyl (C=O) groups excluding carboxylic acids is 1. The average Bonchev–Trinajstić information content (AvgIpc) is 3.04. The van der Waals surface area contributed by atoms with Gasteiger partial charge in [0.15, 0.2) is 0 Å². The molecule has 1 aliphatic carbocycles. The van der Waals surface area contributed by atoms with E-state index < -0.39 is 20.9 Å². The molecule has 1 saturated carbocycles. The zero-order chi connectivity index (χ0) is 31.1. The summed E-state index contributed by atoms with van der Waals surface area (Å²) in [7, 11) is -4.42. The van der Waals surface area contributed by atoms with Gasteiger partial charge in [-0.3, -0.25) is 14.9 Å². The van der Waals surface area contributed by atoms with E-state index in [2.05, 4.69) is 5.32 Å². The first-order valence-corrected chi connectivity index (χ1v) is 16.8. The van der Waals surface area contributed by atoms with Gasteiger partial charge in [-0.15, -0.1) is 11.8 Å². The molecule has 1 atom stereocenters. The van der Waals surface area contributed by atoms with Crippen LogP contribution in [0, 0.1) is 21.8 Å². The first-order chi connectivity index (χ1) is 21.2. The van der Waals surface area contributed by atoms with Crippen molar-refractivity contribution in [3.05, 3.63) is 119 Å². The van der Waals surface area contributed by atoms with E-state index in [0.29, 0.717) is 11.7 Å². The fourth-order valence-electron chi connectivity index (χ4n) is 5.38. The molecule has 1 amide bonds. The van der Waals surface area contributed by atoms with Crippen LogP contribution in [0.1, 0.15) is 42.5 Å². The van der Waals surface area contributed by atoms with Crippen molar-refractivity contribution in [1.29, 1.82) is 0 Å². The third-order valence-electron chi connectivity index (χ3n) is 7.76. The first kappa shape index (κ1) is 31.2. The summed E-state index contributed by atoms with van der Waals surface area (Å²) in [5, 5.41) is 15.5. The molecular formula is C33H32FN3O5S2. The smallest absolute Gasteiger partial charge is 0.293 e. The van der Waals surface area contributed by atoms with Crippen LogP contribution in [0.25, 0.3) is 11.1 Å². The molecule has 1 fully saturated rings. The van der Waals surface area contributed by atoms with Crippen molar-refractivity contribution in [1.82, 2.24) is 4.72 Å². The van der Waals surface area contributed by atoms with Crippen LogP contribution in [0.15, 0.2) is 107 Å². The van der Waals surface area contributed by atoms with Crippen molar-refractivity contribution in [3.8, 4) is 11.1 Å². The standard InChI is InChI=1S/C33H32FN3O5S2/c34-27-17-15-24(16-18-27)23-11-13-26(14-12-23)33(38)36-44(41,42)29-19-20-30(32(21-29)37(39)40)35-31(25-7-3-1-4-8-25)22-43-28-9-5-2-6-10-28/h2,5-6,9-21,25,31,35H,1,3-4,7-8,22H2,(H,36,38). The summed E-state index contributed by atoms with van der Waals surface area (Å²) in [5.41, 5.74) is 1.39. The Balaban J connectivity index is 1.32. The molecule has 0 radical (unpaired) electrons. The van der Waals surface area contributed by atoms with E-state index in [4.69, 9.17) is 0 Å². The van der Waals surface area contributed by atoms with Crippen molar-refractivity contribution >= 4 is 39.1 Å². The van der Waals surface area contributed by atoms with Gasteiger partial charge in [0, 0.05) is 28.3 Å². The van der Waals surface area contributed by atoms with E-state index >= 15 is 0 Å². The molecule has 1 aliphatic rings. The largest absolute Gasteiger partial charge is 0.376 e. The minimum absolute atomic E-state index is 0.0563.